The molecular formula is C14H20N2O. The highest BCUT2D eigenvalue weighted by atomic mass is 16.3. The summed E-state index contributed by atoms with van der Waals surface area (Å²) in [7, 11) is 1.95. The van der Waals surface area contributed by atoms with E-state index < -0.39 is 0 Å². The molecule has 0 aliphatic heterocycles. The van der Waals surface area contributed by atoms with Crippen molar-refractivity contribution < 1.29 is 5.11 Å². The minimum Gasteiger partial charge on any atom is -0.507 e. The molecule has 1 atom stereocenters. The predicted molar refractivity (Wildman–Crippen MR) is 71.5 cm³/mol. The smallest absolute Gasteiger partial charge is 0.124 e. The van der Waals surface area contributed by atoms with Gasteiger partial charge in [-0.15, -0.1) is 0 Å². The molecule has 2 rings (SSSR count). The zero-order valence-corrected chi connectivity index (χ0v) is 10.9. The van der Waals surface area contributed by atoms with Crippen LogP contribution in [-0.4, -0.2) is 16.7 Å². The fourth-order valence-corrected chi connectivity index (χ4v) is 2.31. The van der Waals surface area contributed by atoms with Crippen molar-refractivity contribution in [2.24, 2.45) is 0 Å². The van der Waals surface area contributed by atoms with Gasteiger partial charge in [-0.2, -0.15) is 0 Å². The number of nitrogens with one attached hydrogen (secondary N) is 1. The molecule has 0 amide bonds. The van der Waals surface area contributed by atoms with Crippen LogP contribution < -0.4 is 5.32 Å². The summed E-state index contributed by atoms with van der Waals surface area (Å²) in [6, 6.07) is 8.40. The molecule has 0 radical (unpaired) electrons. The molecular weight excluding hydrogens is 212 g/mol. The maximum absolute atomic E-state index is 9.91. The summed E-state index contributed by atoms with van der Waals surface area (Å²) in [5.41, 5.74) is 2.30. The van der Waals surface area contributed by atoms with Crippen LogP contribution in [0.4, 0.5) is 0 Å². The first-order valence-corrected chi connectivity index (χ1v) is 6.06. The van der Waals surface area contributed by atoms with Crippen LogP contribution in [0.3, 0.4) is 0 Å². The molecule has 0 spiro atoms. The lowest BCUT2D eigenvalue weighted by atomic mass is 10.2. The van der Waals surface area contributed by atoms with E-state index in [-0.39, 0.29) is 6.04 Å². The average Bonchev–Trinajstić information content (AvgIpc) is 2.68. The van der Waals surface area contributed by atoms with E-state index in [9.17, 15) is 5.11 Å². The van der Waals surface area contributed by atoms with E-state index in [2.05, 4.69) is 42.8 Å². The van der Waals surface area contributed by atoms with Crippen LogP contribution in [0.2, 0.25) is 0 Å². The molecule has 92 valence electrons. The number of hydrogen-bond acceptors (Lipinski definition) is 2. The monoisotopic (exact) mass is 232 g/mol. The van der Waals surface area contributed by atoms with Gasteiger partial charge < -0.3 is 15.0 Å². The van der Waals surface area contributed by atoms with E-state index >= 15 is 0 Å². The highest BCUT2D eigenvalue weighted by Gasteiger charge is 2.16. The van der Waals surface area contributed by atoms with Crippen molar-refractivity contribution in [2.75, 3.05) is 7.05 Å². The third-order valence-corrected chi connectivity index (χ3v) is 3.28. The van der Waals surface area contributed by atoms with Crippen molar-refractivity contribution in [3.8, 4) is 5.75 Å². The van der Waals surface area contributed by atoms with Crippen molar-refractivity contribution in [2.45, 2.75) is 32.9 Å². The van der Waals surface area contributed by atoms with Gasteiger partial charge in [-0.1, -0.05) is 6.07 Å². The standard InChI is InChI=1S/C14H20N2O/c1-9(2)16-12-6-5-7-14(17)11(12)8-13(16)10(3)15-4/h5-10,15,17H,1-4H3. The van der Waals surface area contributed by atoms with Crippen LogP contribution in [0, 0.1) is 0 Å². The Bertz CT molecular complexity index is 528. The van der Waals surface area contributed by atoms with Gasteiger partial charge in [0.15, 0.2) is 0 Å². The lowest BCUT2D eigenvalue weighted by Gasteiger charge is -2.18. The van der Waals surface area contributed by atoms with Gasteiger partial charge in [0.2, 0.25) is 0 Å². The summed E-state index contributed by atoms with van der Waals surface area (Å²) >= 11 is 0. The van der Waals surface area contributed by atoms with Gasteiger partial charge in [0, 0.05) is 23.2 Å². The minimum absolute atomic E-state index is 0.268. The summed E-state index contributed by atoms with van der Waals surface area (Å²) in [5.74, 6) is 0.353. The third kappa shape index (κ3) is 1.91. The second kappa shape index (κ2) is 4.41. The third-order valence-electron chi connectivity index (χ3n) is 3.28. The Morgan fingerprint density at radius 2 is 1.94 bits per heavy atom. The highest BCUT2D eigenvalue weighted by Crippen LogP contribution is 2.32. The quantitative estimate of drug-likeness (QED) is 0.852. The normalized spacial score (nSPS) is 13.5. The number of hydrogen-bond donors (Lipinski definition) is 2. The summed E-state index contributed by atoms with van der Waals surface area (Å²) in [5, 5.41) is 14.1. The zero-order chi connectivity index (χ0) is 12.6. The Morgan fingerprint density at radius 3 is 2.53 bits per heavy atom. The molecule has 0 saturated carbocycles. The van der Waals surface area contributed by atoms with Crippen LogP contribution in [0.15, 0.2) is 24.3 Å². The van der Waals surface area contributed by atoms with Gasteiger partial charge >= 0.3 is 0 Å². The van der Waals surface area contributed by atoms with Gasteiger partial charge in [0.1, 0.15) is 5.75 Å². The Balaban J connectivity index is 2.75. The number of aromatic hydroxyl groups is 1. The topological polar surface area (TPSA) is 37.2 Å². The van der Waals surface area contributed by atoms with Gasteiger partial charge in [0.05, 0.1) is 5.52 Å². The van der Waals surface area contributed by atoms with Crippen molar-refractivity contribution in [1.29, 1.82) is 0 Å². The summed E-state index contributed by atoms with van der Waals surface area (Å²) in [6.07, 6.45) is 0. The molecule has 1 heterocycles. The van der Waals surface area contributed by atoms with Crippen molar-refractivity contribution in [3.05, 3.63) is 30.0 Å². The number of benzene rings is 1. The number of phenolic OH excluding ortho intramolecular Hbond substituents is 1. The van der Waals surface area contributed by atoms with Crippen molar-refractivity contribution in [3.63, 3.8) is 0 Å². The van der Waals surface area contributed by atoms with E-state index in [1.54, 1.807) is 6.07 Å². The fourth-order valence-electron chi connectivity index (χ4n) is 2.31. The van der Waals surface area contributed by atoms with E-state index in [1.165, 1.54) is 5.69 Å². The Labute approximate surface area is 102 Å². The maximum Gasteiger partial charge on any atom is 0.124 e. The Kier molecular flexibility index (Phi) is 3.11. The van der Waals surface area contributed by atoms with Crippen molar-refractivity contribution >= 4 is 10.9 Å². The van der Waals surface area contributed by atoms with Crippen LogP contribution in [0.25, 0.3) is 10.9 Å². The van der Waals surface area contributed by atoms with Gasteiger partial charge in [-0.05, 0) is 46.0 Å². The molecule has 1 unspecified atom stereocenters. The first kappa shape index (κ1) is 12.0. The number of fused-ring (bicyclic) bond motifs is 1. The van der Waals surface area contributed by atoms with E-state index in [1.807, 2.05) is 13.1 Å². The lowest BCUT2D eigenvalue weighted by molar-refractivity contribution is 0.481. The second-order valence-electron chi connectivity index (χ2n) is 4.75. The Morgan fingerprint density at radius 1 is 1.24 bits per heavy atom. The molecule has 3 heteroatoms. The molecule has 1 aromatic heterocycles. The first-order chi connectivity index (χ1) is 8.06. The molecule has 2 aromatic rings. The molecule has 3 nitrogen and oxygen atoms in total. The number of nitrogens with zero attached hydrogens (tertiary/aromatic N) is 1. The van der Waals surface area contributed by atoms with E-state index in [4.69, 9.17) is 0 Å². The van der Waals surface area contributed by atoms with E-state index in [0.29, 0.717) is 11.8 Å². The number of rotatable bonds is 3. The number of phenols is 1. The zero-order valence-electron chi connectivity index (χ0n) is 10.9. The molecule has 0 saturated heterocycles. The van der Waals surface area contributed by atoms with Crippen LogP contribution in [0.5, 0.6) is 5.75 Å². The SMILES string of the molecule is CNC(C)c1cc2c(O)cccc2n1C(C)C. The number of aromatic nitrogens is 1. The van der Waals surface area contributed by atoms with Crippen molar-refractivity contribution in [1.82, 2.24) is 9.88 Å². The molecule has 2 N–H and O–H groups in total. The van der Waals surface area contributed by atoms with Crippen LogP contribution in [-0.2, 0) is 0 Å². The summed E-state index contributed by atoms with van der Waals surface area (Å²) in [6.45, 7) is 6.45. The molecule has 1 aromatic carbocycles. The predicted octanol–water partition coefficient (Wildman–Crippen LogP) is 3.21. The Hall–Kier alpha value is -1.48. The molecule has 0 fully saturated rings. The second-order valence-corrected chi connectivity index (χ2v) is 4.75. The fraction of sp³-hybridized carbons (Fsp3) is 0.429. The maximum atomic E-state index is 9.91. The van der Waals surface area contributed by atoms with Gasteiger partial charge in [-0.3, -0.25) is 0 Å². The molecule has 0 aliphatic rings. The van der Waals surface area contributed by atoms with Crippen LogP contribution in [0.1, 0.15) is 38.5 Å². The largest absolute Gasteiger partial charge is 0.507 e. The first-order valence-electron chi connectivity index (χ1n) is 6.06. The minimum atomic E-state index is 0.268. The molecule has 0 aliphatic carbocycles. The average molecular weight is 232 g/mol. The molecule has 0 bridgehead atoms. The highest BCUT2D eigenvalue weighted by molar-refractivity contribution is 5.87. The van der Waals surface area contributed by atoms with Gasteiger partial charge in [-0.25, -0.2) is 0 Å². The summed E-state index contributed by atoms with van der Waals surface area (Å²) < 4.78 is 2.27. The van der Waals surface area contributed by atoms with Gasteiger partial charge in [0.25, 0.3) is 0 Å². The lowest BCUT2D eigenvalue weighted by Crippen LogP contribution is -2.17. The van der Waals surface area contributed by atoms with Crippen LogP contribution >= 0.6 is 0 Å². The molecule has 17 heavy (non-hydrogen) atoms. The van der Waals surface area contributed by atoms with E-state index in [0.717, 1.165) is 10.9 Å². The summed E-state index contributed by atoms with van der Waals surface area (Å²) in [4.78, 5) is 0.